The first-order valence-corrected chi connectivity index (χ1v) is 10.1. The summed E-state index contributed by atoms with van der Waals surface area (Å²) in [6, 6.07) is 32.5. The van der Waals surface area contributed by atoms with Crippen LogP contribution in [-0.2, 0) is 6.54 Å². The monoisotopic (exact) mass is 369 g/mol. The number of hydrogen-bond donors (Lipinski definition) is 2. The highest BCUT2D eigenvalue weighted by Gasteiger charge is 2.31. The molecule has 1 saturated heterocycles. The van der Waals surface area contributed by atoms with E-state index >= 15 is 0 Å². The van der Waals surface area contributed by atoms with Gasteiger partial charge in [0.2, 0.25) is 0 Å². The van der Waals surface area contributed by atoms with Crippen LogP contribution in [0.4, 0.5) is 0 Å². The van der Waals surface area contributed by atoms with Crippen LogP contribution in [0.2, 0.25) is 0 Å². The molecule has 1 fully saturated rings. The number of rotatable bonds is 5. The highest BCUT2D eigenvalue weighted by atomic mass is 15.3. The predicted octanol–water partition coefficient (Wildman–Crippen LogP) is 1.63. The van der Waals surface area contributed by atoms with E-state index in [2.05, 4.69) is 78.9 Å². The maximum atomic E-state index is 8.96. The molecule has 1 aliphatic rings. The van der Waals surface area contributed by atoms with Crippen LogP contribution in [0, 0.1) is 11.3 Å². The molecule has 1 heterocycles. The molecule has 28 heavy (non-hydrogen) atoms. The summed E-state index contributed by atoms with van der Waals surface area (Å²) in [6.07, 6.45) is 0. The minimum atomic E-state index is 0.402. The molecule has 0 amide bonds. The van der Waals surface area contributed by atoms with E-state index in [4.69, 9.17) is 5.26 Å². The van der Waals surface area contributed by atoms with Crippen molar-refractivity contribution in [1.29, 1.82) is 5.26 Å². The van der Waals surface area contributed by atoms with Gasteiger partial charge in [-0.05, 0) is 12.1 Å². The summed E-state index contributed by atoms with van der Waals surface area (Å²) in [5, 5.41) is 8.96. The molecule has 0 atom stereocenters. The van der Waals surface area contributed by atoms with Crippen LogP contribution in [-0.4, -0.2) is 26.2 Å². The number of nitriles is 1. The van der Waals surface area contributed by atoms with Crippen LogP contribution in [0.1, 0.15) is 28.3 Å². The Morgan fingerprint density at radius 3 is 1.75 bits per heavy atom. The van der Waals surface area contributed by atoms with Crippen molar-refractivity contribution in [3.05, 3.63) is 107 Å². The van der Waals surface area contributed by atoms with Crippen molar-refractivity contribution in [2.75, 3.05) is 26.2 Å². The van der Waals surface area contributed by atoms with Crippen LogP contribution >= 0.6 is 0 Å². The zero-order chi connectivity index (χ0) is 19.2. The Hall–Kier alpha value is -2.93. The van der Waals surface area contributed by atoms with E-state index in [1.807, 2.05) is 12.1 Å². The molecule has 3 aromatic carbocycles. The van der Waals surface area contributed by atoms with Crippen LogP contribution in [0.25, 0.3) is 0 Å². The van der Waals surface area contributed by atoms with E-state index in [1.165, 1.54) is 42.9 Å². The average Bonchev–Trinajstić information content (AvgIpc) is 2.77. The molecular weight excluding hydrogens is 342 g/mol. The zero-order valence-electron chi connectivity index (χ0n) is 16.1. The summed E-state index contributed by atoms with van der Waals surface area (Å²) in [4.78, 5) is 3.29. The lowest BCUT2D eigenvalue weighted by Crippen LogP contribution is -3.27. The van der Waals surface area contributed by atoms with Crippen LogP contribution in [0.15, 0.2) is 84.9 Å². The Labute approximate surface area is 167 Å². The number of piperazine rings is 1. The lowest BCUT2D eigenvalue weighted by atomic mass is 9.96. The Morgan fingerprint density at radius 1 is 0.714 bits per heavy atom. The van der Waals surface area contributed by atoms with Gasteiger partial charge in [0.15, 0.2) is 0 Å². The summed E-state index contributed by atoms with van der Waals surface area (Å²) in [7, 11) is 0. The minimum Gasteiger partial charge on any atom is -0.322 e. The molecule has 2 N–H and O–H groups in total. The normalized spacial score (nSPS) is 19.3. The Balaban J connectivity index is 1.45. The van der Waals surface area contributed by atoms with E-state index in [1.54, 1.807) is 9.80 Å². The number of quaternary nitrogens is 2. The minimum absolute atomic E-state index is 0.402. The van der Waals surface area contributed by atoms with E-state index in [-0.39, 0.29) is 0 Å². The first kappa shape index (κ1) is 18.4. The van der Waals surface area contributed by atoms with Crippen LogP contribution in [0.5, 0.6) is 0 Å². The van der Waals surface area contributed by atoms with Gasteiger partial charge in [-0.2, -0.15) is 5.26 Å². The average molecular weight is 370 g/mol. The Morgan fingerprint density at radius 2 is 1.25 bits per heavy atom. The quantitative estimate of drug-likeness (QED) is 0.704. The van der Waals surface area contributed by atoms with Gasteiger partial charge in [0, 0.05) is 16.7 Å². The highest BCUT2D eigenvalue weighted by molar-refractivity contribution is 5.31. The van der Waals surface area contributed by atoms with Crippen molar-refractivity contribution in [3.63, 3.8) is 0 Å². The summed E-state index contributed by atoms with van der Waals surface area (Å²) in [5.74, 6) is 0. The van der Waals surface area contributed by atoms with Gasteiger partial charge in [0.1, 0.15) is 38.8 Å². The predicted molar refractivity (Wildman–Crippen MR) is 111 cm³/mol. The second-order valence-electron chi connectivity index (χ2n) is 7.65. The molecule has 3 nitrogen and oxygen atoms in total. The van der Waals surface area contributed by atoms with Gasteiger partial charge in [-0.25, -0.2) is 0 Å². The molecule has 3 heteroatoms. The molecule has 0 unspecified atom stereocenters. The molecule has 0 aliphatic carbocycles. The topological polar surface area (TPSA) is 32.7 Å². The lowest BCUT2D eigenvalue weighted by molar-refractivity contribution is -1.03. The number of hydrogen-bond acceptors (Lipinski definition) is 1. The second kappa shape index (κ2) is 8.84. The van der Waals surface area contributed by atoms with Crippen LogP contribution < -0.4 is 9.80 Å². The zero-order valence-corrected chi connectivity index (χ0v) is 16.1. The third-order valence-electron chi connectivity index (χ3n) is 5.81. The van der Waals surface area contributed by atoms with Crippen LogP contribution in [0.3, 0.4) is 0 Å². The lowest BCUT2D eigenvalue weighted by Gasteiger charge is -2.35. The largest absolute Gasteiger partial charge is 0.322 e. The van der Waals surface area contributed by atoms with Crippen molar-refractivity contribution < 1.29 is 9.80 Å². The summed E-state index contributed by atoms with van der Waals surface area (Å²) >= 11 is 0. The molecule has 4 rings (SSSR count). The first-order chi connectivity index (χ1) is 13.8. The summed E-state index contributed by atoms with van der Waals surface area (Å²) < 4.78 is 0. The maximum absolute atomic E-state index is 8.96. The number of nitrogens with zero attached hydrogens (tertiary/aromatic N) is 1. The van der Waals surface area contributed by atoms with Gasteiger partial charge in [-0.15, -0.1) is 0 Å². The van der Waals surface area contributed by atoms with Gasteiger partial charge in [-0.1, -0.05) is 72.8 Å². The highest BCUT2D eigenvalue weighted by Crippen LogP contribution is 2.18. The summed E-state index contributed by atoms with van der Waals surface area (Å²) in [6.45, 7) is 5.72. The fourth-order valence-corrected chi connectivity index (χ4v) is 4.33. The van der Waals surface area contributed by atoms with E-state index in [9.17, 15) is 0 Å². The molecule has 1 aliphatic heterocycles. The molecule has 0 radical (unpaired) electrons. The fraction of sp³-hybridized carbons (Fsp3) is 0.240. The maximum Gasteiger partial charge on any atom is 0.139 e. The molecular formula is C25H27N3+2. The fourth-order valence-electron chi connectivity index (χ4n) is 4.33. The van der Waals surface area contributed by atoms with Gasteiger partial charge < -0.3 is 9.80 Å². The third-order valence-corrected chi connectivity index (χ3v) is 5.81. The van der Waals surface area contributed by atoms with E-state index < -0.39 is 0 Å². The molecule has 0 aromatic heterocycles. The smallest absolute Gasteiger partial charge is 0.139 e. The van der Waals surface area contributed by atoms with Crippen molar-refractivity contribution >= 4 is 0 Å². The van der Waals surface area contributed by atoms with Gasteiger partial charge >= 0.3 is 0 Å². The number of benzene rings is 3. The Kier molecular flexibility index (Phi) is 5.82. The Bertz CT molecular complexity index is 866. The standard InChI is InChI=1S/C25H25N3/c26-19-21-11-13-22(14-12-21)20-27-15-17-28(18-16-27)25(23-7-3-1-4-8-23)24-9-5-2-6-10-24/h1-14,25H,15-18,20H2/p+2. The van der Waals surface area contributed by atoms with E-state index in [0.717, 1.165) is 12.1 Å². The third kappa shape index (κ3) is 4.31. The number of nitrogens with one attached hydrogen (secondary N) is 2. The molecule has 0 bridgehead atoms. The van der Waals surface area contributed by atoms with Gasteiger partial charge in [0.25, 0.3) is 0 Å². The van der Waals surface area contributed by atoms with Crippen molar-refractivity contribution in [3.8, 4) is 6.07 Å². The molecule has 0 spiro atoms. The second-order valence-corrected chi connectivity index (χ2v) is 7.65. The first-order valence-electron chi connectivity index (χ1n) is 10.1. The van der Waals surface area contributed by atoms with E-state index in [0.29, 0.717) is 6.04 Å². The molecule has 0 saturated carbocycles. The molecule has 140 valence electrons. The van der Waals surface area contributed by atoms with Crippen molar-refractivity contribution in [1.82, 2.24) is 0 Å². The van der Waals surface area contributed by atoms with Gasteiger partial charge in [0.05, 0.1) is 11.6 Å². The molecule has 3 aromatic rings. The van der Waals surface area contributed by atoms with Gasteiger partial charge in [-0.3, -0.25) is 0 Å². The van der Waals surface area contributed by atoms with Crippen molar-refractivity contribution in [2.24, 2.45) is 0 Å². The SMILES string of the molecule is N#Cc1ccc(C[NH+]2CC[NH+](C(c3ccccc3)c3ccccc3)CC2)cc1. The summed E-state index contributed by atoms with van der Waals surface area (Å²) in [5.41, 5.74) is 4.86. The van der Waals surface area contributed by atoms with Crippen molar-refractivity contribution in [2.45, 2.75) is 12.6 Å².